The molecule has 1 N–H and O–H groups in total. The van der Waals surface area contributed by atoms with Crippen LogP contribution in [0.3, 0.4) is 0 Å². The summed E-state index contributed by atoms with van der Waals surface area (Å²) in [7, 11) is 5.31. The van der Waals surface area contributed by atoms with Crippen molar-refractivity contribution in [3.63, 3.8) is 0 Å². The van der Waals surface area contributed by atoms with Crippen molar-refractivity contribution >= 4 is 17.3 Å². The number of rotatable bonds is 4. The van der Waals surface area contributed by atoms with Crippen molar-refractivity contribution in [1.82, 2.24) is 0 Å². The number of methoxy groups -OCH3 is 1. The Balaban J connectivity index is 2.19. The first kappa shape index (κ1) is 14.8. The lowest BCUT2D eigenvalue weighted by Crippen LogP contribution is -2.14. The molecule has 0 aliphatic carbocycles. The molecule has 0 saturated carbocycles. The molecule has 2 rings (SSSR count). The maximum atomic E-state index is 13.3. The Bertz CT molecular complexity index is 639. The fraction of sp³-hybridized carbons (Fsp3) is 0.188. The number of ether oxygens (including phenoxy) is 1. The average Bonchev–Trinajstić information content (AvgIpc) is 2.47. The summed E-state index contributed by atoms with van der Waals surface area (Å²) in [4.78, 5) is 14.2. The van der Waals surface area contributed by atoms with Gasteiger partial charge in [0.1, 0.15) is 11.6 Å². The third kappa shape index (κ3) is 3.51. The second-order valence-electron chi connectivity index (χ2n) is 4.74. The smallest absolute Gasteiger partial charge is 0.259 e. The van der Waals surface area contributed by atoms with E-state index in [-0.39, 0.29) is 5.56 Å². The highest BCUT2D eigenvalue weighted by atomic mass is 19.1. The Hall–Kier alpha value is -2.56. The van der Waals surface area contributed by atoms with Gasteiger partial charge in [-0.15, -0.1) is 0 Å². The minimum atomic E-state index is -0.482. The average molecular weight is 288 g/mol. The van der Waals surface area contributed by atoms with E-state index >= 15 is 0 Å². The molecule has 110 valence electrons. The normalized spacial score (nSPS) is 10.1. The van der Waals surface area contributed by atoms with Gasteiger partial charge in [0.2, 0.25) is 0 Å². The number of hydrogen-bond acceptors (Lipinski definition) is 3. The molecule has 0 spiro atoms. The van der Waals surface area contributed by atoms with Gasteiger partial charge in [-0.25, -0.2) is 4.39 Å². The summed E-state index contributed by atoms with van der Waals surface area (Å²) < 4.78 is 18.4. The van der Waals surface area contributed by atoms with E-state index in [1.807, 2.05) is 31.1 Å². The SMILES string of the molecule is COc1ccc(F)cc1C(=O)Nc1ccc(N(C)C)cc1. The summed E-state index contributed by atoms with van der Waals surface area (Å²) in [6.45, 7) is 0. The van der Waals surface area contributed by atoms with Crippen LogP contribution in [0.15, 0.2) is 42.5 Å². The lowest BCUT2D eigenvalue weighted by atomic mass is 10.1. The van der Waals surface area contributed by atoms with Crippen molar-refractivity contribution in [2.75, 3.05) is 31.4 Å². The number of hydrogen-bond donors (Lipinski definition) is 1. The third-order valence-electron chi connectivity index (χ3n) is 3.05. The highest BCUT2D eigenvalue weighted by Gasteiger charge is 2.13. The van der Waals surface area contributed by atoms with Gasteiger partial charge >= 0.3 is 0 Å². The maximum absolute atomic E-state index is 13.3. The van der Waals surface area contributed by atoms with Crippen LogP contribution in [0.5, 0.6) is 5.75 Å². The molecule has 0 aliphatic rings. The number of nitrogens with zero attached hydrogens (tertiary/aromatic N) is 1. The molecule has 2 aromatic rings. The number of anilines is 2. The minimum Gasteiger partial charge on any atom is -0.496 e. The minimum absolute atomic E-state index is 0.161. The second-order valence-corrected chi connectivity index (χ2v) is 4.74. The Morgan fingerprint density at radius 1 is 1.14 bits per heavy atom. The van der Waals surface area contributed by atoms with E-state index in [0.29, 0.717) is 11.4 Å². The molecule has 0 heterocycles. The van der Waals surface area contributed by atoms with Crippen molar-refractivity contribution in [2.45, 2.75) is 0 Å². The Kier molecular flexibility index (Phi) is 4.42. The lowest BCUT2D eigenvalue weighted by molar-refractivity contribution is 0.102. The highest BCUT2D eigenvalue weighted by molar-refractivity contribution is 6.06. The van der Waals surface area contributed by atoms with Crippen LogP contribution >= 0.6 is 0 Å². The van der Waals surface area contributed by atoms with Crippen molar-refractivity contribution in [3.8, 4) is 5.75 Å². The summed E-state index contributed by atoms with van der Waals surface area (Å²) in [5.74, 6) is -0.563. The topological polar surface area (TPSA) is 41.6 Å². The second kappa shape index (κ2) is 6.26. The largest absolute Gasteiger partial charge is 0.496 e. The van der Waals surface area contributed by atoms with Crippen LogP contribution in [-0.4, -0.2) is 27.1 Å². The van der Waals surface area contributed by atoms with E-state index in [1.54, 1.807) is 12.1 Å². The van der Waals surface area contributed by atoms with Crippen LogP contribution in [-0.2, 0) is 0 Å². The number of amides is 1. The molecule has 0 saturated heterocycles. The number of halogens is 1. The van der Waals surface area contributed by atoms with E-state index in [2.05, 4.69) is 5.32 Å². The van der Waals surface area contributed by atoms with Crippen LogP contribution < -0.4 is 15.0 Å². The standard InChI is InChI=1S/C16H17FN2O2/c1-19(2)13-7-5-12(6-8-13)18-16(20)14-10-11(17)4-9-15(14)21-3/h4-10H,1-3H3,(H,18,20). The number of benzene rings is 2. The summed E-state index contributed by atoms with van der Waals surface area (Å²) in [6.07, 6.45) is 0. The summed E-state index contributed by atoms with van der Waals surface area (Å²) >= 11 is 0. The zero-order chi connectivity index (χ0) is 15.4. The molecule has 0 aliphatic heterocycles. The quantitative estimate of drug-likeness (QED) is 0.939. The van der Waals surface area contributed by atoms with Crippen LogP contribution in [0.1, 0.15) is 10.4 Å². The van der Waals surface area contributed by atoms with E-state index < -0.39 is 11.7 Å². The van der Waals surface area contributed by atoms with Crippen LogP contribution in [0, 0.1) is 5.82 Å². The molecule has 0 unspecified atom stereocenters. The lowest BCUT2D eigenvalue weighted by Gasteiger charge is -2.13. The first-order valence-electron chi connectivity index (χ1n) is 6.43. The zero-order valence-electron chi connectivity index (χ0n) is 12.2. The molecule has 2 aromatic carbocycles. The van der Waals surface area contributed by atoms with E-state index in [9.17, 15) is 9.18 Å². The van der Waals surface area contributed by atoms with E-state index in [0.717, 1.165) is 11.8 Å². The van der Waals surface area contributed by atoms with Crippen molar-refractivity contribution in [2.24, 2.45) is 0 Å². The van der Waals surface area contributed by atoms with Gasteiger partial charge in [-0.2, -0.15) is 0 Å². The van der Waals surface area contributed by atoms with Crippen molar-refractivity contribution in [1.29, 1.82) is 0 Å². The molecule has 5 heteroatoms. The van der Waals surface area contributed by atoms with Gasteiger partial charge in [0.15, 0.2) is 0 Å². The molecule has 0 bridgehead atoms. The molecular weight excluding hydrogens is 271 g/mol. The first-order valence-corrected chi connectivity index (χ1v) is 6.43. The molecule has 0 fully saturated rings. The van der Waals surface area contributed by atoms with Gasteiger partial charge < -0.3 is 15.0 Å². The van der Waals surface area contributed by atoms with E-state index in [1.165, 1.54) is 19.2 Å². The Morgan fingerprint density at radius 3 is 2.38 bits per heavy atom. The summed E-state index contributed by atoms with van der Waals surface area (Å²) in [6, 6.07) is 11.2. The molecule has 0 radical (unpaired) electrons. The van der Waals surface area contributed by atoms with Gasteiger partial charge in [-0.3, -0.25) is 4.79 Å². The molecule has 21 heavy (non-hydrogen) atoms. The van der Waals surface area contributed by atoms with Crippen molar-refractivity contribution < 1.29 is 13.9 Å². The third-order valence-corrected chi connectivity index (χ3v) is 3.05. The molecule has 0 atom stereocenters. The number of carbonyl (C=O) groups excluding carboxylic acids is 1. The Morgan fingerprint density at radius 2 is 1.81 bits per heavy atom. The summed E-state index contributed by atoms with van der Waals surface area (Å²) in [5.41, 5.74) is 1.82. The predicted octanol–water partition coefficient (Wildman–Crippen LogP) is 3.15. The van der Waals surface area contributed by atoms with Gasteiger partial charge in [-0.05, 0) is 42.5 Å². The van der Waals surface area contributed by atoms with Gasteiger partial charge in [-0.1, -0.05) is 0 Å². The van der Waals surface area contributed by atoms with Gasteiger partial charge in [0.25, 0.3) is 5.91 Å². The monoisotopic (exact) mass is 288 g/mol. The fourth-order valence-corrected chi connectivity index (χ4v) is 1.90. The fourth-order valence-electron chi connectivity index (χ4n) is 1.90. The first-order chi connectivity index (χ1) is 10.0. The summed E-state index contributed by atoms with van der Waals surface area (Å²) in [5, 5.41) is 2.72. The predicted molar refractivity (Wildman–Crippen MR) is 81.7 cm³/mol. The van der Waals surface area contributed by atoms with Gasteiger partial charge in [0.05, 0.1) is 12.7 Å². The van der Waals surface area contributed by atoms with Crippen molar-refractivity contribution in [3.05, 3.63) is 53.8 Å². The number of carbonyl (C=O) groups is 1. The number of nitrogens with one attached hydrogen (secondary N) is 1. The maximum Gasteiger partial charge on any atom is 0.259 e. The molecule has 1 amide bonds. The highest BCUT2D eigenvalue weighted by Crippen LogP contribution is 2.22. The van der Waals surface area contributed by atoms with Crippen LogP contribution in [0.2, 0.25) is 0 Å². The Labute approximate surface area is 123 Å². The molecular formula is C16H17FN2O2. The van der Waals surface area contributed by atoms with Crippen LogP contribution in [0.25, 0.3) is 0 Å². The van der Waals surface area contributed by atoms with Crippen LogP contribution in [0.4, 0.5) is 15.8 Å². The van der Waals surface area contributed by atoms with E-state index in [4.69, 9.17) is 4.74 Å². The zero-order valence-corrected chi connectivity index (χ0v) is 12.2. The molecule has 4 nitrogen and oxygen atoms in total. The van der Waals surface area contributed by atoms with Gasteiger partial charge in [0, 0.05) is 25.5 Å². The molecule has 0 aromatic heterocycles.